The summed E-state index contributed by atoms with van der Waals surface area (Å²) in [6, 6.07) is 0.619. The summed E-state index contributed by atoms with van der Waals surface area (Å²) in [4.78, 5) is 2.29. The minimum atomic E-state index is -0.175. The predicted octanol–water partition coefficient (Wildman–Crippen LogP) is 2.51. The van der Waals surface area contributed by atoms with Crippen molar-refractivity contribution in [1.29, 1.82) is 0 Å². The Morgan fingerprint density at radius 2 is 1.57 bits per heavy atom. The van der Waals surface area contributed by atoms with Gasteiger partial charge >= 0.3 is 0 Å². The largest absolute Gasteiger partial charge is 0.392 e. The average Bonchev–Trinajstić information content (AvgIpc) is 2.18. The Kier molecular flexibility index (Phi) is 7.20. The van der Waals surface area contributed by atoms with E-state index < -0.39 is 0 Å². The van der Waals surface area contributed by atoms with Crippen LogP contribution < -0.4 is 0 Å². The molecule has 0 aliphatic rings. The number of aliphatic hydroxyl groups is 1. The molecule has 0 aromatic heterocycles. The van der Waals surface area contributed by atoms with Crippen LogP contribution in [0.15, 0.2) is 0 Å². The molecule has 0 saturated heterocycles. The van der Waals surface area contributed by atoms with Crippen LogP contribution in [0.5, 0.6) is 0 Å². The van der Waals surface area contributed by atoms with Crippen LogP contribution in [0.4, 0.5) is 0 Å². The molecule has 0 aliphatic heterocycles. The number of hydrogen-bond donors (Lipinski definition) is 1. The number of hydrogen-bond acceptors (Lipinski definition) is 2. The molecule has 0 rings (SSSR count). The van der Waals surface area contributed by atoms with E-state index in [2.05, 4.69) is 39.6 Å². The second kappa shape index (κ2) is 7.24. The van der Waals surface area contributed by atoms with Crippen LogP contribution in [0.25, 0.3) is 0 Å². The fraction of sp³-hybridized carbons (Fsp3) is 1.00. The van der Waals surface area contributed by atoms with Gasteiger partial charge in [0.2, 0.25) is 0 Å². The molecule has 14 heavy (non-hydrogen) atoms. The molecule has 0 saturated carbocycles. The lowest BCUT2D eigenvalue weighted by molar-refractivity contribution is 0.0611. The molecule has 2 nitrogen and oxygen atoms in total. The summed E-state index contributed by atoms with van der Waals surface area (Å²) < 4.78 is 0. The lowest BCUT2D eigenvalue weighted by atomic mass is 10.0. The first-order chi connectivity index (χ1) is 6.56. The lowest BCUT2D eigenvalue weighted by Gasteiger charge is -2.30. The van der Waals surface area contributed by atoms with Gasteiger partial charge in [-0.2, -0.15) is 0 Å². The first-order valence-corrected chi connectivity index (χ1v) is 5.94. The number of aliphatic hydroxyl groups excluding tert-OH is 1. The van der Waals surface area contributed by atoms with Crippen molar-refractivity contribution in [2.24, 2.45) is 5.92 Å². The molecule has 1 N–H and O–H groups in total. The molecule has 0 bridgehead atoms. The van der Waals surface area contributed by atoms with Gasteiger partial charge in [-0.3, -0.25) is 0 Å². The van der Waals surface area contributed by atoms with Gasteiger partial charge in [0.05, 0.1) is 6.10 Å². The van der Waals surface area contributed by atoms with E-state index in [4.69, 9.17) is 0 Å². The molecule has 86 valence electrons. The van der Waals surface area contributed by atoms with E-state index >= 15 is 0 Å². The van der Waals surface area contributed by atoms with E-state index in [1.165, 1.54) is 12.8 Å². The zero-order valence-corrected chi connectivity index (χ0v) is 10.5. The first kappa shape index (κ1) is 13.9. The molecule has 0 spiro atoms. The minimum absolute atomic E-state index is 0.175. The molecule has 0 aliphatic carbocycles. The quantitative estimate of drug-likeness (QED) is 0.684. The zero-order valence-electron chi connectivity index (χ0n) is 10.5. The van der Waals surface area contributed by atoms with Gasteiger partial charge in [0.15, 0.2) is 0 Å². The maximum Gasteiger partial charge on any atom is 0.0692 e. The summed E-state index contributed by atoms with van der Waals surface area (Å²) in [6.45, 7) is 9.47. The van der Waals surface area contributed by atoms with Gasteiger partial charge in [-0.15, -0.1) is 0 Å². The van der Waals surface area contributed by atoms with Gasteiger partial charge in [-0.25, -0.2) is 0 Å². The second-order valence-corrected chi connectivity index (χ2v) is 4.36. The normalized spacial score (nSPS) is 16.3. The molecule has 0 aromatic rings. The Morgan fingerprint density at radius 3 is 1.93 bits per heavy atom. The van der Waals surface area contributed by atoms with Gasteiger partial charge < -0.3 is 10.0 Å². The molecule has 0 aromatic carbocycles. The molecule has 2 unspecified atom stereocenters. The van der Waals surface area contributed by atoms with Gasteiger partial charge in [0.25, 0.3) is 0 Å². The Morgan fingerprint density at radius 1 is 1.07 bits per heavy atom. The molecular weight excluding hydrogens is 174 g/mol. The van der Waals surface area contributed by atoms with Crippen LogP contribution >= 0.6 is 0 Å². The summed E-state index contributed by atoms with van der Waals surface area (Å²) in [5.74, 6) is 0.409. The van der Waals surface area contributed by atoms with Crippen LogP contribution in [0, 0.1) is 5.92 Å². The van der Waals surface area contributed by atoms with Crippen molar-refractivity contribution in [3.63, 3.8) is 0 Å². The maximum absolute atomic E-state index is 9.89. The lowest BCUT2D eigenvalue weighted by Crippen LogP contribution is -2.39. The third-order valence-electron chi connectivity index (χ3n) is 3.34. The summed E-state index contributed by atoms with van der Waals surface area (Å²) in [5.41, 5.74) is 0. The highest BCUT2D eigenvalue weighted by molar-refractivity contribution is 4.72. The van der Waals surface area contributed by atoms with E-state index in [-0.39, 0.29) is 6.10 Å². The van der Waals surface area contributed by atoms with Crippen molar-refractivity contribution in [1.82, 2.24) is 4.90 Å². The van der Waals surface area contributed by atoms with Crippen molar-refractivity contribution >= 4 is 0 Å². The molecular formula is C12H27NO. The van der Waals surface area contributed by atoms with Crippen molar-refractivity contribution in [3.05, 3.63) is 0 Å². The third-order valence-corrected chi connectivity index (χ3v) is 3.34. The summed E-state index contributed by atoms with van der Waals surface area (Å²) in [6.07, 6.45) is 3.21. The topological polar surface area (TPSA) is 23.5 Å². The highest BCUT2D eigenvalue weighted by atomic mass is 16.3. The van der Waals surface area contributed by atoms with Crippen molar-refractivity contribution in [2.45, 2.75) is 59.1 Å². The zero-order chi connectivity index (χ0) is 11.1. The Balaban J connectivity index is 3.96. The highest BCUT2D eigenvalue weighted by Crippen LogP contribution is 2.12. The van der Waals surface area contributed by atoms with Crippen molar-refractivity contribution in [2.75, 3.05) is 13.6 Å². The van der Waals surface area contributed by atoms with Crippen molar-refractivity contribution < 1.29 is 5.11 Å². The molecule has 0 amide bonds. The Labute approximate surface area is 89.3 Å². The Bertz CT molecular complexity index is 134. The second-order valence-electron chi connectivity index (χ2n) is 4.36. The van der Waals surface area contributed by atoms with Crippen LogP contribution in [0.2, 0.25) is 0 Å². The maximum atomic E-state index is 9.89. The van der Waals surface area contributed by atoms with Crippen LogP contribution in [0.3, 0.4) is 0 Å². The van der Waals surface area contributed by atoms with Crippen LogP contribution in [0.1, 0.15) is 47.0 Å². The fourth-order valence-electron chi connectivity index (χ4n) is 1.81. The van der Waals surface area contributed by atoms with E-state index in [1.54, 1.807) is 0 Å². The molecule has 2 atom stereocenters. The molecule has 2 heteroatoms. The van der Waals surface area contributed by atoms with Gasteiger partial charge in [0.1, 0.15) is 0 Å². The van der Waals surface area contributed by atoms with Crippen LogP contribution in [-0.4, -0.2) is 35.7 Å². The standard InChI is InChI=1S/C12H27NO/c1-6-10(4)12(14)9-13(5)11(7-2)8-3/h10-12,14H,6-9H2,1-5H3. The number of rotatable bonds is 7. The van der Waals surface area contributed by atoms with E-state index in [9.17, 15) is 5.11 Å². The SMILES string of the molecule is CCC(C)C(O)CN(C)C(CC)CC. The summed E-state index contributed by atoms with van der Waals surface area (Å²) >= 11 is 0. The summed E-state index contributed by atoms with van der Waals surface area (Å²) in [5, 5.41) is 9.89. The molecule has 0 fully saturated rings. The van der Waals surface area contributed by atoms with Gasteiger partial charge in [-0.1, -0.05) is 34.1 Å². The average molecular weight is 201 g/mol. The van der Waals surface area contributed by atoms with Crippen LogP contribution in [-0.2, 0) is 0 Å². The summed E-state index contributed by atoms with van der Waals surface area (Å²) in [7, 11) is 2.11. The number of likely N-dealkylation sites (N-methyl/N-ethyl adjacent to an activating group) is 1. The molecule has 0 radical (unpaired) electrons. The van der Waals surface area contributed by atoms with Gasteiger partial charge in [-0.05, 0) is 25.8 Å². The van der Waals surface area contributed by atoms with Crippen molar-refractivity contribution in [3.8, 4) is 0 Å². The monoisotopic (exact) mass is 201 g/mol. The predicted molar refractivity (Wildman–Crippen MR) is 62.5 cm³/mol. The smallest absolute Gasteiger partial charge is 0.0692 e. The van der Waals surface area contributed by atoms with E-state index in [1.807, 2.05) is 0 Å². The third kappa shape index (κ3) is 4.43. The van der Waals surface area contributed by atoms with E-state index in [0.29, 0.717) is 12.0 Å². The number of nitrogens with zero attached hydrogens (tertiary/aromatic N) is 1. The van der Waals surface area contributed by atoms with E-state index in [0.717, 1.165) is 13.0 Å². The minimum Gasteiger partial charge on any atom is -0.392 e. The molecule has 0 heterocycles. The first-order valence-electron chi connectivity index (χ1n) is 5.94. The highest BCUT2D eigenvalue weighted by Gasteiger charge is 2.18. The fourth-order valence-corrected chi connectivity index (χ4v) is 1.81. The Hall–Kier alpha value is -0.0800. The van der Waals surface area contributed by atoms with Gasteiger partial charge in [0, 0.05) is 12.6 Å².